The maximum absolute atomic E-state index is 4.41. The average Bonchev–Trinajstić information content (AvgIpc) is 2.90. The topological polar surface area (TPSA) is 53.6 Å². The smallest absolute Gasteiger partial charge is 0.0573 e. The van der Waals surface area contributed by atoms with Crippen LogP contribution >= 0.6 is 0 Å². The summed E-state index contributed by atoms with van der Waals surface area (Å²) >= 11 is 0. The van der Waals surface area contributed by atoms with Crippen LogP contribution in [0.5, 0.6) is 0 Å². The van der Waals surface area contributed by atoms with Gasteiger partial charge in [-0.1, -0.05) is 13.0 Å². The Labute approximate surface area is 101 Å². The Bertz CT molecular complexity index is 450. The van der Waals surface area contributed by atoms with Crippen molar-refractivity contribution in [2.24, 2.45) is 0 Å². The molecule has 2 heterocycles. The lowest BCUT2D eigenvalue weighted by atomic mass is 10.1. The summed E-state index contributed by atoms with van der Waals surface area (Å²) in [5.41, 5.74) is 3.53. The van der Waals surface area contributed by atoms with Gasteiger partial charge in [-0.25, -0.2) is 0 Å². The van der Waals surface area contributed by atoms with Crippen molar-refractivity contribution in [1.29, 1.82) is 0 Å². The zero-order chi connectivity index (χ0) is 12.1. The van der Waals surface area contributed by atoms with E-state index in [0.29, 0.717) is 0 Å². The van der Waals surface area contributed by atoms with E-state index in [4.69, 9.17) is 0 Å². The van der Waals surface area contributed by atoms with Gasteiger partial charge in [-0.2, -0.15) is 5.10 Å². The lowest BCUT2D eigenvalue weighted by molar-refractivity contribution is 0.551. The fourth-order valence-electron chi connectivity index (χ4n) is 1.82. The van der Waals surface area contributed by atoms with Gasteiger partial charge in [0.1, 0.15) is 0 Å². The number of aromatic amines is 1. The first-order valence-electron chi connectivity index (χ1n) is 5.96. The number of nitrogens with zero attached hydrogens (tertiary/aromatic N) is 2. The maximum Gasteiger partial charge on any atom is 0.0573 e. The quantitative estimate of drug-likeness (QED) is 0.828. The van der Waals surface area contributed by atoms with Gasteiger partial charge in [-0.05, 0) is 31.0 Å². The summed E-state index contributed by atoms with van der Waals surface area (Å²) in [6.45, 7) is 5.05. The van der Waals surface area contributed by atoms with Crippen LogP contribution in [-0.2, 0) is 13.0 Å². The van der Waals surface area contributed by atoms with Crippen LogP contribution < -0.4 is 5.32 Å². The molecule has 17 heavy (non-hydrogen) atoms. The van der Waals surface area contributed by atoms with Crippen LogP contribution in [0.2, 0.25) is 0 Å². The molecule has 0 amide bonds. The van der Waals surface area contributed by atoms with Crippen molar-refractivity contribution in [1.82, 2.24) is 20.5 Å². The molecule has 2 rings (SSSR count). The van der Waals surface area contributed by atoms with Crippen LogP contribution in [0.3, 0.4) is 0 Å². The van der Waals surface area contributed by atoms with Gasteiger partial charge in [0.05, 0.1) is 11.4 Å². The molecule has 4 heteroatoms. The normalized spacial score (nSPS) is 12.6. The number of hydrogen-bond donors (Lipinski definition) is 2. The molecule has 0 spiro atoms. The minimum Gasteiger partial charge on any atom is -0.303 e. The third-order valence-corrected chi connectivity index (χ3v) is 2.93. The van der Waals surface area contributed by atoms with Crippen molar-refractivity contribution >= 4 is 0 Å². The lowest BCUT2D eigenvalue weighted by Gasteiger charge is -2.13. The Kier molecular flexibility index (Phi) is 3.88. The molecule has 1 atom stereocenters. The van der Waals surface area contributed by atoms with Gasteiger partial charge >= 0.3 is 0 Å². The molecule has 0 fully saturated rings. The van der Waals surface area contributed by atoms with E-state index in [9.17, 15) is 0 Å². The largest absolute Gasteiger partial charge is 0.303 e. The average molecular weight is 230 g/mol. The molecular weight excluding hydrogens is 212 g/mol. The van der Waals surface area contributed by atoms with Crippen molar-refractivity contribution < 1.29 is 0 Å². The van der Waals surface area contributed by atoms with Gasteiger partial charge in [0, 0.05) is 25.0 Å². The van der Waals surface area contributed by atoms with Crippen LogP contribution in [0.15, 0.2) is 30.6 Å². The predicted octanol–water partition coefficient (Wildman–Crippen LogP) is 2.22. The third-order valence-electron chi connectivity index (χ3n) is 2.93. The number of rotatable bonds is 5. The molecule has 0 bridgehead atoms. The highest BCUT2D eigenvalue weighted by atomic mass is 15.1. The number of pyridine rings is 1. The molecule has 0 radical (unpaired) electrons. The second kappa shape index (κ2) is 5.59. The van der Waals surface area contributed by atoms with Crippen molar-refractivity contribution in [2.45, 2.75) is 32.9 Å². The van der Waals surface area contributed by atoms with Crippen LogP contribution in [0.25, 0.3) is 0 Å². The number of aromatic nitrogens is 3. The number of H-pyrrole nitrogens is 1. The third kappa shape index (κ3) is 2.91. The Balaban J connectivity index is 1.98. The standard InChI is InChI=1S/C13H18N4/c1-3-11-5-4-7-14-13(11)9-15-10(2)12-6-8-16-17-12/h4-8,10,15H,3,9H2,1-2H3,(H,16,17). The van der Waals surface area contributed by atoms with Gasteiger partial charge in [-0.15, -0.1) is 0 Å². The van der Waals surface area contributed by atoms with E-state index in [1.54, 1.807) is 6.20 Å². The second-order valence-electron chi connectivity index (χ2n) is 4.08. The lowest BCUT2D eigenvalue weighted by Crippen LogP contribution is -2.20. The van der Waals surface area contributed by atoms with Crippen molar-refractivity contribution in [3.63, 3.8) is 0 Å². The summed E-state index contributed by atoms with van der Waals surface area (Å²) < 4.78 is 0. The van der Waals surface area contributed by atoms with E-state index in [2.05, 4.69) is 40.4 Å². The number of hydrogen-bond acceptors (Lipinski definition) is 3. The molecule has 2 aromatic heterocycles. The Morgan fingerprint density at radius 3 is 2.94 bits per heavy atom. The molecule has 0 saturated heterocycles. The van der Waals surface area contributed by atoms with Crippen molar-refractivity contribution in [3.05, 3.63) is 47.5 Å². The molecule has 0 aromatic carbocycles. The van der Waals surface area contributed by atoms with Crippen molar-refractivity contribution in [2.75, 3.05) is 0 Å². The summed E-state index contributed by atoms with van der Waals surface area (Å²) in [4.78, 5) is 4.41. The fraction of sp³-hybridized carbons (Fsp3) is 0.385. The van der Waals surface area contributed by atoms with Gasteiger partial charge in [0.25, 0.3) is 0 Å². The summed E-state index contributed by atoms with van der Waals surface area (Å²) in [6.07, 6.45) is 4.63. The van der Waals surface area contributed by atoms with Crippen LogP contribution in [0, 0.1) is 0 Å². The molecule has 0 aliphatic heterocycles. The first-order valence-corrected chi connectivity index (χ1v) is 5.96. The second-order valence-corrected chi connectivity index (χ2v) is 4.08. The summed E-state index contributed by atoms with van der Waals surface area (Å²) in [6, 6.07) is 6.35. The zero-order valence-corrected chi connectivity index (χ0v) is 10.3. The SMILES string of the molecule is CCc1cccnc1CNC(C)c1ccn[nH]1. The molecular formula is C13H18N4. The minimum atomic E-state index is 0.254. The van der Waals surface area contributed by atoms with Crippen LogP contribution in [0.1, 0.15) is 36.8 Å². The maximum atomic E-state index is 4.41. The first-order chi connectivity index (χ1) is 8.31. The molecule has 90 valence electrons. The molecule has 4 nitrogen and oxygen atoms in total. The highest BCUT2D eigenvalue weighted by molar-refractivity contribution is 5.19. The Morgan fingerprint density at radius 2 is 2.24 bits per heavy atom. The molecule has 0 saturated carbocycles. The number of aryl methyl sites for hydroxylation is 1. The summed E-state index contributed by atoms with van der Waals surface area (Å²) in [5.74, 6) is 0. The predicted molar refractivity (Wildman–Crippen MR) is 67.5 cm³/mol. The summed E-state index contributed by atoms with van der Waals surface area (Å²) in [7, 11) is 0. The monoisotopic (exact) mass is 230 g/mol. The molecule has 2 N–H and O–H groups in total. The Hall–Kier alpha value is -1.68. The van der Waals surface area contributed by atoms with E-state index < -0.39 is 0 Å². The summed E-state index contributed by atoms with van der Waals surface area (Å²) in [5, 5.41) is 10.4. The van der Waals surface area contributed by atoms with Gasteiger partial charge in [-0.3, -0.25) is 10.1 Å². The van der Waals surface area contributed by atoms with Crippen LogP contribution in [-0.4, -0.2) is 15.2 Å². The molecule has 0 aliphatic rings. The highest BCUT2D eigenvalue weighted by Crippen LogP contribution is 2.10. The molecule has 2 aromatic rings. The van der Waals surface area contributed by atoms with Gasteiger partial charge in [0.2, 0.25) is 0 Å². The van der Waals surface area contributed by atoms with Crippen LogP contribution in [0.4, 0.5) is 0 Å². The first kappa shape index (κ1) is 11.8. The zero-order valence-electron chi connectivity index (χ0n) is 10.3. The van der Waals surface area contributed by atoms with E-state index in [1.165, 1.54) is 5.56 Å². The van der Waals surface area contributed by atoms with Gasteiger partial charge in [0.15, 0.2) is 0 Å². The highest BCUT2D eigenvalue weighted by Gasteiger charge is 2.07. The van der Waals surface area contributed by atoms with E-state index in [0.717, 1.165) is 24.4 Å². The molecule has 1 unspecified atom stereocenters. The van der Waals surface area contributed by atoms with Crippen molar-refractivity contribution in [3.8, 4) is 0 Å². The number of nitrogens with one attached hydrogen (secondary N) is 2. The van der Waals surface area contributed by atoms with Gasteiger partial charge < -0.3 is 5.32 Å². The molecule has 0 aliphatic carbocycles. The van der Waals surface area contributed by atoms with E-state index >= 15 is 0 Å². The fourth-order valence-corrected chi connectivity index (χ4v) is 1.82. The van der Waals surface area contributed by atoms with E-state index in [1.807, 2.05) is 18.3 Å². The minimum absolute atomic E-state index is 0.254. The Morgan fingerprint density at radius 1 is 1.35 bits per heavy atom. The van der Waals surface area contributed by atoms with E-state index in [-0.39, 0.29) is 6.04 Å².